The monoisotopic (exact) mass is 326 g/mol. The molecular formula is C17H24F2N2O2. The Bertz CT molecular complexity index is 537. The van der Waals surface area contributed by atoms with Crippen LogP contribution in [0.1, 0.15) is 43.7 Å². The number of carbonyl (C=O) groups is 1. The van der Waals surface area contributed by atoms with E-state index in [4.69, 9.17) is 0 Å². The summed E-state index contributed by atoms with van der Waals surface area (Å²) in [5.74, 6) is -2.02. The molecule has 0 aromatic heterocycles. The highest BCUT2D eigenvalue weighted by Gasteiger charge is 2.33. The number of rotatable bonds is 5. The van der Waals surface area contributed by atoms with E-state index >= 15 is 0 Å². The van der Waals surface area contributed by atoms with Crippen LogP contribution in [0.4, 0.5) is 8.78 Å². The van der Waals surface area contributed by atoms with Crippen LogP contribution in [0.25, 0.3) is 0 Å². The molecule has 0 saturated heterocycles. The minimum absolute atomic E-state index is 0.103. The topological polar surface area (TPSA) is 52.6 Å². The molecule has 1 aromatic carbocycles. The van der Waals surface area contributed by atoms with Gasteiger partial charge in [-0.05, 0) is 39.1 Å². The number of carbonyl (C=O) groups excluding carboxylic acids is 1. The van der Waals surface area contributed by atoms with E-state index in [-0.39, 0.29) is 12.1 Å². The number of likely N-dealkylation sites (N-methyl/N-ethyl adjacent to an activating group) is 1. The molecule has 0 heterocycles. The lowest BCUT2D eigenvalue weighted by molar-refractivity contribution is -0.127. The number of aliphatic hydroxyl groups is 1. The zero-order chi connectivity index (χ0) is 17.0. The van der Waals surface area contributed by atoms with Gasteiger partial charge >= 0.3 is 0 Å². The third-order valence-electron chi connectivity index (χ3n) is 4.41. The summed E-state index contributed by atoms with van der Waals surface area (Å²) in [6, 6.07) is 2.46. The third kappa shape index (κ3) is 4.26. The van der Waals surface area contributed by atoms with E-state index in [9.17, 15) is 18.7 Å². The molecule has 4 nitrogen and oxygen atoms in total. The summed E-state index contributed by atoms with van der Waals surface area (Å²) in [7, 11) is 3.18. The van der Waals surface area contributed by atoms with Crippen molar-refractivity contribution >= 4 is 5.91 Å². The Hall–Kier alpha value is -1.53. The number of hydrogen-bond donors (Lipinski definition) is 2. The van der Waals surface area contributed by atoms with Crippen molar-refractivity contribution in [3.63, 3.8) is 0 Å². The number of benzene rings is 1. The van der Waals surface area contributed by atoms with E-state index in [1.54, 1.807) is 14.1 Å². The first-order chi connectivity index (χ1) is 10.8. The van der Waals surface area contributed by atoms with Gasteiger partial charge in [-0.3, -0.25) is 9.69 Å². The van der Waals surface area contributed by atoms with Gasteiger partial charge in [0.2, 0.25) is 5.91 Å². The average Bonchev–Trinajstić information content (AvgIpc) is 2.49. The Kier molecular flexibility index (Phi) is 5.70. The lowest BCUT2D eigenvalue weighted by Crippen LogP contribution is -2.47. The lowest BCUT2D eigenvalue weighted by Gasteiger charge is -2.33. The van der Waals surface area contributed by atoms with E-state index in [2.05, 4.69) is 5.32 Å². The van der Waals surface area contributed by atoms with Crippen LogP contribution in [-0.4, -0.2) is 42.2 Å². The summed E-state index contributed by atoms with van der Waals surface area (Å²) in [6.07, 6.45) is 4.19. The number of nitrogens with zero attached hydrogens (tertiary/aromatic N) is 1. The highest BCUT2D eigenvalue weighted by Crippen LogP contribution is 2.28. The maximum absolute atomic E-state index is 14.0. The molecule has 2 rings (SSSR count). The van der Waals surface area contributed by atoms with E-state index in [0.717, 1.165) is 31.4 Å². The Morgan fingerprint density at radius 1 is 1.26 bits per heavy atom. The highest BCUT2D eigenvalue weighted by atomic mass is 19.1. The minimum atomic E-state index is -1.08. The molecule has 1 atom stereocenters. The van der Waals surface area contributed by atoms with Crippen LogP contribution in [-0.2, 0) is 4.79 Å². The van der Waals surface area contributed by atoms with Gasteiger partial charge in [-0.25, -0.2) is 8.78 Å². The SMILES string of the molecule is CN(C)C(C(=O)NCC1(O)CCCCC1)c1c(F)cccc1F. The normalized spacial score (nSPS) is 18.7. The zero-order valence-corrected chi connectivity index (χ0v) is 13.6. The van der Waals surface area contributed by atoms with Gasteiger partial charge in [-0.15, -0.1) is 0 Å². The Labute approximate surface area is 135 Å². The molecule has 1 aromatic rings. The third-order valence-corrected chi connectivity index (χ3v) is 4.41. The second-order valence-electron chi connectivity index (χ2n) is 6.50. The van der Waals surface area contributed by atoms with E-state index in [1.165, 1.54) is 11.0 Å². The Balaban J connectivity index is 2.13. The number of nitrogens with one attached hydrogen (secondary N) is 1. The molecule has 1 fully saturated rings. The number of halogens is 2. The maximum Gasteiger partial charge on any atom is 0.242 e. The maximum atomic E-state index is 14.0. The van der Waals surface area contributed by atoms with Crippen molar-refractivity contribution in [3.8, 4) is 0 Å². The average molecular weight is 326 g/mol. The van der Waals surface area contributed by atoms with Crippen molar-refractivity contribution in [2.45, 2.75) is 43.7 Å². The van der Waals surface area contributed by atoms with E-state index in [0.29, 0.717) is 12.8 Å². The van der Waals surface area contributed by atoms with Crippen LogP contribution in [0, 0.1) is 11.6 Å². The molecule has 1 aliphatic carbocycles. The van der Waals surface area contributed by atoms with Crippen molar-refractivity contribution < 1.29 is 18.7 Å². The van der Waals surface area contributed by atoms with Gasteiger partial charge in [0.05, 0.1) is 11.2 Å². The summed E-state index contributed by atoms with van der Waals surface area (Å²) in [5, 5.41) is 13.1. The van der Waals surface area contributed by atoms with Gasteiger partial charge in [-0.2, -0.15) is 0 Å². The molecule has 2 N–H and O–H groups in total. The first kappa shape index (κ1) is 17.8. The molecule has 23 heavy (non-hydrogen) atoms. The molecule has 1 saturated carbocycles. The fourth-order valence-electron chi connectivity index (χ4n) is 3.13. The fourth-order valence-corrected chi connectivity index (χ4v) is 3.13. The Morgan fingerprint density at radius 2 is 1.83 bits per heavy atom. The first-order valence-electron chi connectivity index (χ1n) is 7.94. The van der Waals surface area contributed by atoms with Crippen molar-refractivity contribution in [3.05, 3.63) is 35.4 Å². The van der Waals surface area contributed by atoms with Gasteiger partial charge in [-0.1, -0.05) is 25.3 Å². The molecule has 1 amide bonds. The second kappa shape index (κ2) is 7.36. The molecule has 0 aliphatic heterocycles. The molecule has 128 valence electrons. The Morgan fingerprint density at radius 3 is 2.35 bits per heavy atom. The van der Waals surface area contributed by atoms with Crippen LogP contribution in [0.15, 0.2) is 18.2 Å². The van der Waals surface area contributed by atoms with E-state index < -0.39 is 29.2 Å². The van der Waals surface area contributed by atoms with Crippen LogP contribution in [0.5, 0.6) is 0 Å². The van der Waals surface area contributed by atoms with Crippen LogP contribution in [0.3, 0.4) is 0 Å². The standard InChI is InChI=1S/C17H24F2N2O2/c1-21(2)15(14-12(18)7-6-8-13(14)19)16(22)20-11-17(23)9-4-3-5-10-17/h6-8,15,23H,3-5,9-11H2,1-2H3,(H,20,22). The van der Waals surface area contributed by atoms with Crippen molar-refractivity contribution in [1.29, 1.82) is 0 Å². The van der Waals surface area contributed by atoms with Crippen molar-refractivity contribution in [2.24, 2.45) is 0 Å². The predicted molar refractivity (Wildman–Crippen MR) is 83.8 cm³/mol. The van der Waals surface area contributed by atoms with E-state index in [1.807, 2.05) is 0 Å². The summed E-state index contributed by atoms with van der Waals surface area (Å²) >= 11 is 0. The van der Waals surface area contributed by atoms with Crippen LogP contribution < -0.4 is 5.32 Å². The summed E-state index contributed by atoms with van der Waals surface area (Å²) in [4.78, 5) is 13.9. The largest absolute Gasteiger partial charge is 0.388 e. The minimum Gasteiger partial charge on any atom is -0.388 e. The smallest absolute Gasteiger partial charge is 0.242 e. The van der Waals surface area contributed by atoms with Crippen molar-refractivity contribution in [2.75, 3.05) is 20.6 Å². The zero-order valence-electron chi connectivity index (χ0n) is 13.6. The molecular weight excluding hydrogens is 302 g/mol. The van der Waals surface area contributed by atoms with Gasteiger partial charge in [0, 0.05) is 6.54 Å². The fraction of sp³-hybridized carbons (Fsp3) is 0.588. The van der Waals surface area contributed by atoms with Gasteiger partial charge in [0.25, 0.3) is 0 Å². The molecule has 1 unspecified atom stereocenters. The van der Waals surface area contributed by atoms with Gasteiger partial charge in [0.15, 0.2) is 0 Å². The first-order valence-corrected chi connectivity index (χ1v) is 7.94. The van der Waals surface area contributed by atoms with Gasteiger partial charge < -0.3 is 10.4 Å². The quantitative estimate of drug-likeness (QED) is 0.873. The highest BCUT2D eigenvalue weighted by molar-refractivity contribution is 5.83. The number of hydrogen-bond acceptors (Lipinski definition) is 3. The van der Waals surface area contributed by atoms with Crippen LogP contribution >= 0.6 is 0 Å². The number of amides is 1. The molecule has 0 spiro atoms. The molecule has 6 heteroatoms. The molecule has 1 aliphatic rings. The summed E-state index contributed by atoms with van der Waals surface area (Å²) in [6.45, 7) is 0.103. The molecule has 0 bridgehead atoms. The van der Waals surface area contributed by atoms with Crippen molar-refractivity contribution in [1.82, 2.24) is 10.2 Å². The lowest BCUT2D eigenvalue weighted by atomic mass is 9.85. The second-order valence-corrected chi connectivity index (χ2v) is 6.50. The van der Waals surface area contributed by atoms with Gasteiger partial charge in [0.1, 0.15) is 17.7 Å². The predicted octanol–water partition coefficient (Wildman–Crippen LogP) is 2.38. The van der Waals surface area contributed by atoms with Crippen LogP contribution in [0.2, 0.25) is 0 Å². The summed E-state index contributed by atoms with van der Waals surface area (Å²) < 4.78 is 28.0. The summed E-state index contributed by atoms with van der Waals surface area (Å²) in [5.41, 5.74) is -1.19. The molecule has 0 radical (unpaired) electrons.